The van der Waals surface area contributed by atoms with Crippen LogP contribution in [0.3, 0.4) is 0 Å². The highest BCUT2D eigenvalue weighted by Gasteiger charge is 2.24. The van der Waals surface area contributed by atoms with Crippen molar-refractivity contribution in [3.63, 3.8) is 0 Å². The number of rotatable bonds is 18. The molecule has 0 unspecified atom stereocenters. The molecule has 7 aromatic rings. The molecule has 0 aliphatic carbocycles. The van der Waals surface area contributed by atoms with Gasteiger partial charge >= 0.3 is 5.97 Å². The number of benzene rings is 3. The van der Waals surface area contributed by atoms with Gasteiger partial charge in [-0.1, -0.05) is 82.3 Å². The van der Waals surface area contributed by atoms with Crippen molar-refractivity contribution in [2.45, 2.75) is 78.0 Å². The molecule has 0 fully saturated rings. The van der Waals surface area contributed by atoms with Crippen LogP contribution in [0, 0.1) is 0 Å². The van der Waals surface area contributed by atoms with Gasteiger partial charge in [0.1, 0.15) is 19.3 Å². The van der Waals surface area contributed by atoms with Crippen LogP contribution in [-0.2, 0) is 14.2 Å². The van der Waals surface area contributed by atoms with Gasteiger partial charge in [-0.15, -0.1) is 0 Å². The fourth-order valence-electron chi connectivity index (χ4n) is 6.44. The van der Waals surface area contributed by atoms with Crippen molar-refractivity contribution >= 4 is 51.7 Å². The number of aliphatic hydroxyl groups is 1. The second-order valence-electron chi connectivity index (χ2n) is 13.9. The highest BCUT2D eigenvalue weighted by atomic mass is 16.6. The molecule has 7 rings (SSSR count). The van der Waals surface area contributed by atoms with E-state index in [4.69, 9.17) is 14.2 Å². The molecule has 0 saturated heterocycles. The van der Waals surface area contributed by atoms with Crippen molar-refractivity contribution in [1.82, 2.24) is 39.0 Å². The van der Waals surface area contributed by atoms with Crippen molar-refractivity contribution in [2.24, 2.45) is 0 Å². The highest BCUT2D eigenvalue weighted by molar-refractivity contribution is 6.07. The van der Waals surface area contributed by atoms with Gasteiger partial charge in [0.05, 0.1) is 37.0 Å². The fourth-order valence-corrected chi connectivity index (χ4v) is 6.44. The number of aromatic nitrogens is 8. The molecule has 3 N–H and O–H groups in total. The Hall–Kier alpha value is -6.95. The van der Waals surface area contributed by atoms with Crippen LogP contribution in [0.15, 0.2) is 116 Å². The van der Waals surface area contributed by atoms with Crippen LogP contribution in [0.25, 0.3) is 22.3 Å². The van der Waals surface area contributed by atoms with E-state index in [1.807, 2.05) is 45.9 Å². The molecular weight excluding hydrogens is 793 g/mol. The van der Waals surface area contributed by atoms with Gasteiger partial charge in [-0.05, 0) is 62.1 Å². The standard InChI is InChI=1S/C26H27N5O4.C19H23N5O3/c1-3-20(4-2)35-21(15-34-26(33)19-13-9-6-10-14-19)31-17-29-22-23(27-16-28-24(22)31)30-25(32)18-11-7-5-8-12-18;1-3-14(4-2)27-15(10-25)24-12-22-16-17(20-11-21-18(16)24)23-19(26)13-8-6-5-7-9-13/h5-14,16-17,20-21H,3-4,15H2,1-2H3,(H,27,28,30,32);5-9,11-12,14-15,25H,3-4,10H2,1-2H3,(H,20,21,23,26)/t21-;15-/m11/s1. The van der Waals surface area contributed by atoms with Crippen molar-refractivity contribution < 1.29 is 33.7 Å². The van der Waals surface area contributed by atoms with Gasteiger partial charge in [0.15, 0.2) is 46.4 Å². The maximum absolute atomic E-state index is 12.6. The van der Waals surface area contributed by atoms with E-state index in [1.54, 1.807) is 94.6 Å². The summed E-state index contributed by atoms with van der Waals surface area (Å²) in [6, 6.07) is 26.5. The number of nitrogens with zero attached hydrogens (tertiary/aromatic N) is 8. The lowest BCUT2D eigenvalue weighted by atomic mass is 10.2. The number of esters is 1. The van der Waals surface area contributed by atoms with Crippen molar-refractivity contribution in [2.75, 3.05) is 23.8 Å². The number of fused-ring (bicyclic) bond motifs is 2. The predicted molar refractivity (Wildman–Crippen MR) is 232 cm³/mol. The monoisotopic (exact) mass is 842 g/mol. The highest BCUT2D eigenvalue weighted by Crippen LogP contribution is 2.26. The quantitative estimate of drug-likeness (QED) is 0.0720. The Morgan fingerprint density at radius 2 is 0.968 bits per heavy atom. The summed E-state index contributed by atoms with van der Waals surface area (Å²) in [6.07, 6.45) is 7.78. The molecule has 62 heavy (non-hydrogen) atoms. The summed E-state index contributed by atoms with van der Waals surface area (Å²) < 4.78 is 21.2. The van der Waals surface area contributed by atoms with E-state index in [0.717, 1.165) is 25.7 Å². The molecule has 17 heteroatoms. The number of hydrogen-bond donors (Lipinski definition) is 3. The number of anilines is 2. The second-order valence-corrected chi connectivity index (χ2v) is 13.9. The van der Waals surface area contributed by atoms with E-state index in [-0.39, 0.29) is 43.1 Å². The third kappa shape index (κ3) is 11.0. The number of carbonyl (C=O) groups excluding carboxylic acids is 3. The number of amides is 2. The number of nitrogens with one attached hydrogen (secondary N) is 2. The average Bonchev–Trinajstić information content (AvgIpc) is 3.97. The molecule has 322 valence electrons. The fraction of sp³-hybridized carbons (Fsp3) is 0.311. The Kier molecular flexibility index (Phi) is 15.9. The molecule has 4 aromatic heterocycles. The summed E-state index contributed by atoms with van der Waals surface area (Å²) in [5.41, 5.74) is 3.26. The van der Waals surface area contributed by atoms with Gasteiger partial charge < -0.3 is 30.0 Å². The van der Waals surface area contributed by atoms with Crippen molar-refractivity contribution in [3.05, 3.63) is 133 Å². The topological polar surface area (TPSA) is 210 Å². The van der Waals surface area contributed by atoms with Gasteiger partial charge in [0, 0.05) is 11.1 Å². The average molecular weight is 843 g/mol. The lowest BCUT2D eigenvalue weighted by molar-refractivity contribution is -0.0851. The lowest BCUT2D eigenvalue weighted by Crippen LogP contribution is -2.25. The minimum Gasteiger partial charge on any atom is -0.457 e. The van der Waals surface area contributed by atoms with E-state index < -0.39 is 18.4 Å². The Morgan fingerprint density at radius 1 is 0.565 bits per heavy atom. The lowest BCUT2D eigenvalue weighted by Gasteiger charge is -2.24. The summed E-state index contributed by atoms with van der Waals surface area (Å²) in [7, 11) is 0. The SMILES string of the molecule is CCC(CC)O[C@H](CO)n1cnc2c(NC(=O)c3ccccc3)ncnc21.CCC(CC)O[C@H](COC(=O)c1ccccc1)n1cnc2c(NC(=O)c3ccccc3)ncnc21. The molecule has 0 spiro atoms. The summed E-state index contributed by atoms with van der Waals surface area (Å²) in [5.74, 6) is -0.436. The van der Waals surface area contributed by atoms with Gasteiger partial charge in [0.2, 0.25) is 0 Å². The van der Waals surface area contributed by atoms with Gasteiger partial charge in [-0.3, -0.25) is 18.7 Å². The smallest absolute Gasteiger partial charge is 0.338 e. The van der Waals surface area contributed by atoms with Crippen molar-refractivity contribution in [3.8, 4) is 0 Å². The molecule has 2 amide bonds. The van der Waals surface area contributed by atoms with E-state index in [0.29, 0.717) is 44.8 Å². The molecule has 0 aliphatic rings. The Labute approximate surface area is 358 Å². The molecule has 3 aromatic carbocycles. The normalized spacial score (nSPS) is 12.2. The molecule has 0 radical (unpaired) electrons. The molecular formula is C45H50N10O7. The minimum absolute atomic E-state index is 0.0266. The molecule has 17 nitrogen and oxygen atoms in total. The predicted octanol–water partition coefficient (Wildman–Crippen LogP) is 7.41. The number of ether oxygens (including phenoxy) is 3. The summed E-state index contributed by atoms with van der Waals surface area (Å²) in [6.45, 7) is 7.89. The zero-order chi connectivity index (χ0) is 43.8. The Bertz CT molecular complexity index is 2510. The number of carbonyl (C=O) groups is 3. The molecule has 2 atom stereocenters. The van der Waals surface area contributed by atoms with Crippen LogP contribution in [0.1, 0.15) is 96.9 Å². The number of imidazole rings is 2. The first-order valence-electron chi connectivity index (χ1n) is 20.5. The largest absolute Gasteiger partial charge is 0.457 e. The van der Waals surface area contributed by atoms with Crippen LogP contribution < -0.4 is 10.6 Å². The van der Waals surface area contributed by atoms with Gasteiger partial charge in [-0.25, -0.2) is 34.7 Å². The molecule has 0 aliphatic heterocycles. The van der Waals surface area contributed by atoms with Crippen LogP contribution in [0.5, 0.6) is 0 Å². The van der Waals surface area contributed by atoms with Crippen molar-refractivity contribution in [1.29, 1.82) is 0 Å². The van der Waals surface area contributed by atoms with Crippen LogP contribution >= 0.6 is 0 Å². The third-order valence-corrected chi connectivity index (χ3v) is 9.92. The van der Waals surface area contributed by atoms with E-state index in [1.165, 1.54) is 12.7 Å². The summed E-state index contributed by atoms with van der Waals surface area (Å²) >= 11 is 0. The first kappa shape index (κ1) is 44.6. The first-order chi connectivity index (χ1) is 30.3. The van der Waals surface area contributed by atoms with Crippen LogP contribution in [0.4, 0.5) is 11.6 Å². The zero-order valence-corrected chi connectivity index (χ0v) is 35.0. The van der Waals surface area contributed by atoms with E-state index >= 15 is 0 Å². The molecule has 0 saturated carbocycles. The third-order valence-electron chi connectivity index (χ3n) is 9.92. The first-order valence-corrected chi connectivity index (χ1v) is 20.5. The Morgan fingerprint density at radius 3 is 1.39 bits per heavy atom. The maximum atomic E-state index is 12.6. The van der Waals surface area contributed by atoms with E-state index in [9.17, 15) is 19.5 Å². The van der Waals surface area contributed by atoms with Crippen LogP contribution in [-0.4, -0.2) is 87.3 Å². The maximum Gasteiger partial charge on any atom is 0.338 e. The molecule has 4 heterocycles. The van der Waals surface area contributed by atoms with Gasteiger partial charge in [-0.2, -0.15) is 0 Å². The second kappa shape index (κ2) is 22.1. The van der Waals surface area contributed by atoms with E-state index in [2.05, 4.69) is 40.5 Å². The minimum atomic E-state index is -0.662. The van der Waals surface area contributed by atoms with Crippen LogP contribution in [0.2, 0.25) is 0 Å². The van der Waals surface area contributed by atoms with Gasteiger partial charge in [0.25, 0.3) is 11.8 Å². The zero-order valence-electron chi connectivity index (χ0n) is 35.0. The molecule has 0 bridgehead atoms. The summed E-state index contributed by atoms with van der Waals surface area (Å²) in [4.78, 5) is 63.3. The number of aliphatic hydroxyl groups excluding tert-OH is 1. The number of hydrogen-bond acceptors (Lipinski definition) is 13. The Balaban J connectivity index is 0.000000214. The summed E-state index contributed by atoms with van der Waals surface area (Å²) in [5, 5.41) is 15.3.